The first-order chi connectivity index (χ1) is 8.49. The van der Waals surface area contributed by atoms with Gasteiger partial charge in [0.2, 0.25) is 11.8 Å². The molecule has 0 fully saturated rings. The van der Waals surface area contributed by atoms with Crippen molar-refractivity contribution >= 4 is 5.95 Å². The van der Waals surface area contributed by atoms with E-state index in [0.717, 1.165) is 0 Å². The summed E-state index contributed by atoms with van der Waals surface area (Å²) in [7, 11) is 3.36. The van der Waals surface area contributed by atoms with Crippen LogP contribution in [0, 0.1) is 5.82 Å². The van der Waals surface area contributed by atoms with Crippen molar-refractivity contribution in [3.05, 3.63) is 40.4 Å². The summed E-state index contributed by atoms with van der Waals surface area (Å²) in [4.78, 5) is 19.8. The smallest absolute Gasteiger partial charge is 0.264 e. The molecule has 0 saturated carbocycles. The highest BCUT2D eigenvalue weighted by molar-refractivity contribution is 5.67. The Labute approximate surface area is 103 Å². The molecule has 1 aromatic carbocycles. The highest BCUT2D eigenvalue weighted by atomic mass is 19.1. The highest BCUT2D eigenvalue weighted by Crippen LogP contribution is 2.24. The Balaban J connectivity index is 2.63. The predicted molar refractivity (Wildman–Crippen MR) is 66.2 cm³/mol. The quantitative estimate of drug-likeness (QED) is 0.842. The van der Waals surface area contributed by atoms with Gasteiger partial charge in [0.25, 0.3) is 5.56 Å². The van der Waals surface area contributed by atoms with Gasteiger partial charge in [-0.15, -0.1) is 0 Å². The molecule has 0 amide bonds. The third kappa shape index (κ3) is 2.17. The van der Waals surface area contributed by atoms with Crippen LogP contribution in [-0.4, -0.2) is 29.2 Å². The Morgan fingerprint density at radius 3 is 2.67 bits per heavy atom. The monoisotopic (exact) mass is 249 g/mol. The van der Waals surface area contributed by atoms with Crippen LogP contribution >= 0.6 is 0 Å². The first-order valence-corrected chi connectivity index (χ1v) is 5.25. The van der Waals surface area contributed by atoms with Gasteiger partial charge in [0.05, 0.1) is 0 Å². The van der Waals surface area contributed by atoms with Crippen molar-refractivity contribution < 1.29 is 9.50 Å². The van der Waals surface area contributed by atoms with Crippen molar-refractivity contribution in [2.45, 2.75) is 0 Å². The first-order valence-electron chi connectivity index (χ1n) is 5.25. The second-order valence-electron chi connectivity index (χ2n) is 3.99. The van der Waals surface area contributed by atoms with Crippen LogP contribution < -0.4 is 10.5 Å². The van der Waals surface area contributed by atoms with Gasteiger partial charge in [0, 0.05) is 14.1 Å². The zero-order valence-electron chi connectivity index (χ0n) is 9.94. The fraction of sp³-hybridized carbons (Fsp3) is 0.167. The topological polar surface area (TPSA) is 69.2 Å². The lowest BCUT2D eigenvalue weighted by molar-refractivity contribution is 0.453. The van der Waals surface area contributed by atoms with Crippen molar-refractivity contribution in [2.75, 3.05) is 19.0 Å². The Bertz CT molecular complexity index is 637. The predicted octanol–water partition coefficient (Wildman–Crippen LogP) is 1.35. The van der Waals surface area contributed by atoms with Crippen molar-refractivity contribution in [3.63, 3.8) is 0 Å². The van der Waals surface area contributed by atoms with Crippen molar-refractivity contribution in [1.29, 1.82) is 0 Å². The van der Waals surface area contributed by atoms with Gasteiger partial charge in [-0.2, -0.15) is 4.98 Å². The number of aromatic amines is 1. The van der Waals surface area contributed by atoms with Crippen LogP contribution in [-0.2, 0) is 0 Å². The molecule has 0 unspecified atom stereocenters. The second-order valence-corrected chi connectivity index (χ2v) is 3.99. The number of nitrogens with zero attached hydrogens (tertiary/aromatic N) is 2. The molecule has 2 rings (SSSR count). The number of hydrogen-bond acceptors (Lipinski definition) is 4. The molecule has 5 nitrogen and oxygen atoms in total. The van der Waals surface area contributed by atoms with Gasteiger partial charge in [-0.25, -0.2) is 4.39 Å². The molecule has 0 aliphatic carbocycles. The van der Waals surface area contributed by atoms with E-state index in [2.05, 4.69) is 9.97 Å². The molecule has 0 aliphatic rings. The SMILES string of the molecule is CN(C)c1nc(O)c(-c2cccc(F)c2)c(=O)[nH]1. The summed E-state index contributed by atoms with van der Waals surface area (Å²) in [5.74, 6) is -0.673. The van der Waals surface area contributed by atoms with Crippen LogP contribution in [0.25, 0.3) is 11.1 Å². The Morgan fingerprint density at radius 1 is 1.39 bits per heavy atom. The zero-order chi connectivity index (χ0) is 13.3. The molecule has 0 saturated heterocycles. The number of aromatic nitrogens is 2. The minimum atomic E-state index is -0.517. The van der Waals surface area contributed by atoms with E-state index < -0.39 is 17.3 Å². The Kier molecular flexibility index (Phi) is 3.01. The first kappa shape index (κ1) is 12.1. The lowest BCUT2D eigenvalue weighted by Crippen LogP contribution is -2.19. The minimum Gasteiger partial charge on any atom is -0.493 e. The lowest BCUT2D eigenvalue weighted by Gasteiger charge is -2.12. The molecule has 2 N–H and O–H groups in total. The minimum absolute atomic E-state index is 0.0416. The summed E-state index contributed by atoms with van der Waals surface area (Å²) in [6, 6.07) is 5.42. The molecule has 6 heteroatoms. The van der Waals surface area contributed by atoms with E-state index in [-0.39, 0.29) is 17.1 Å². The zero-order valence-corrected chi connectivity index (χ0v) is 9.94. The molecule has 0 radical (unpaired) electrons. The fourth-order valence-corrected chi connectivity index (χ4v) is 1.57. The van der Waals surface area contributed by atoms with E-state index in [1.807, 2.05) is 0 Å². The lowest BCUT2D eigenvalue weighted by atomic mass is 10.1. The average Bonchev–Trinajstić information content (AvgIpc) is 2.27. The fourth-order valence-electron chi connectivity index (χ4n) is 1.57. The second kappa shape index (κ2) is 4.48. The van der Waals surface area contributed by atoms with E-state index in [9.17, 15) is 14.3 Å². The maximum Gasteiger partial charge on any atom is 0.264 e. The van der Waals surface area contributed by atoms with Crippen LogP contribution in [0.15, 0.2) is 29.1 Å². The normalized spacial score (nSPS) is 10.4. The number of hydrogen-bond donors (Lipinski definition) is 2. The molecule has 0 bridgehead atoms. The van der Waals surface area contributed by atoms with Crippen LogP contribution in [0.1, 0.15) is 0 Å². The number of nitrogens with one attached hydrogen (secondary N) is 1. The van der Waals surface area contributed by atoms with Crippen LogP contribution in [0.4, 0.5) is 10.3 Å². The van der Waals surface area contributed by atoms with Crippen molar-refractivity contribution in [1.82, 2.24) is 9.97 Å². The maximum absolute atomic E-state index is 13.1. The van der Waals surface area contributed by atoms with E-state index in [4.69, 9.17) is 0 Å². The van der Waals surface area contributed by atoms with E-state index in [0.29, 0.717) is 0 Å². The number of benzene rings is 1. The number of rotatable bonds is 2. The molecular formula is C12H12FN3O2. The molecule has 1 heterocycles. The Hall–Kier alpha value is -2.37. The van der Waals surface area contributed by atoms with E-state index >= 15 is 0 Å². The van der Waals surface area contributed by atoms with Gasteiger partial charge in [-0.3, -0.25) is 9.78 Å². The number of anilines is 1. The Morgan fingerprint density at radius 2 is 2.11 bits per heavy atom. The van der Waals surface area contributed by atoms with Crippen molar-refractivity contribution in [3.8, 4) is 17.0 Å². The number of halogens is 1. The van der Waals surface area contributed by atoms with E-state index in [1.54, 1.807) is 19.0 Å². The number of aromatic hydroxyl groups is 1. The standard InChI is InChI=1S/C12H12FN3O2/c1-16(2)12-14-10(17)9(11(18)15-12)7-4-3-5-8(13)6-7/h3-6H,1-2H3,(H2,14,15,17,18). The third-order valence-electron chi connectivity index (χ3n) is 2.42. The van der Waals surface area contributed by atoms with Gasteiger partial charge in [-0.1, -0.05) is 12.1 Å². The molecular weight excluding hydrogens is 237 g/mol. The largest absolute Gasteiger partial charge is 0.493 e. The average molecular weight is 249 g/mol. The molecule has 94 valence electrons. The van der Waals surface area contributed by atoms with Crippen molar-refractivity contribution in [2.24, 2.45) is 0 Å². The summed E-state index contributed by atoms with van der Waals surface area (Å²) in [5.41, 5.74) is -0.275. The summed E-state index contributed by atoms with van der Waals surface area (Å²) < 4.78 is 13.1. The van der Waals surface area contributed by atoms with E-state index in [1.165, 1.54) is 24.3 Å². The number of H-pyrrole nitrogens is 1. The summed E-state index contributed by atoms with van der Waals surface area (Å²) >= 11 is 0. The maximum atomic E-state index is 13.1. The summed E-state index contributed by atoms with van der Waals surface area (Å²) in [5, 5.41) is 9.79. The molecule has 0 spiro atoms. The van der Waals surface area contributed by atoms with Gasteiger partial charge < -0.3 is 10.0 Å². The van der Waals surface area contributed by atoms with Gasteiger partial charge in [0.15, 0.2) is 0 Å². The van der Waals surface area contributed by atoms with Crippen LogP contribution in [0.3, 0.4) is 0 Å². The van der Waals surface area contributed by atoms with Crippen LogP contribution in [0.2, 0.25) is 0 Å². The molecule has 2 aromatic rings. The summed E-state index contributed by atoms with van der Waals surface area (Å²) in [6.07, 6.45) is 0. The van der Waals surface area contributed by atoms with Gasteiger partial charge >= 0.3 is 0 Å². The van der Waals surface area contributed by atoms with Crippen LogP contribution in [0.5, 0.6) is 5.88 Å². The third-order valence-corrected chi connectivity index (χ3v) is 2.42. The molecule has 0 aliphatic heterocycles. The summed E-state index contributed by atoms with van der Waals surface area (Å²) in [6.45, 7) is 0. The molecule has 0 atom stereocenters. The highest BCUT2D eigenvalue weighted by Gasteiger charge is 2.14. The molecule has 18 heavy (non-hydrogen) atoms. The van der Waals surface area contributed by atoms with Gasteiger partial charge in [-0.05, 0) is 17.7 Å². The van der Waals surface area contributed by atoms with Gasteiger partial charge in [0.1, 0.15) is 11.4 Å². The molecule has 1 aromatic heterocycles.